The molecular formula is C42H34N2O2. The van der Waals surface area contributed by atoms with Crippen molar-refractivity contribution in [2.24, 2.45) is 0 Å². The van der Waals surface area contributed by atoms with E-state index >= 15 is 0 Å². The van der Waals surface area contributed by atoms with Crippen molar-refractivity contribution in [1.29, 1.82) is 0 Å². The monoisotopic (exact) mass is 598 g/mol. The molecule has 0 bridgehead atoms. The number of hydrogen-bond acceptors (Lipinski definition) is 2. The van der Waals surface area contributed by atoms with Crippen LogP contribution < -0.4 is 10.6 Å². The van der Waals surface area contributed by atoms with Crippen molar-refractivity contribution < 1.29 is 9.59 Å². The molecule has 6 aromatic rings. The first kappa shape index (κ1) is 30.0. The van der Waals surface area contributed by atoms with E-state index in [0.29, 0.717) is 0 Å². The van der Waals surface area contributed by atoms with E-state index in [1.807, 2.05) is 182 Å². The van der Waals surface area contributed by atoms with Crippen LogP contribution in [0.15, 0.2) is 194 Å². The van der Waals surface area contributed by atoms with Crippen molar-refractivity contribution >= 4 is 11.8 Å². The first-order valence-corrected chi connectivity index (χ1v) is 15.3. The second-order valence-corrected chi connectivity index (χ2v) is 11.0. The number of amides is 2. The Labute approximate surface area is 270 Å². The standard InChI is InChI=1S/C42H34N2O2/c45-39(43-41(33-19-7-1-8-20-33,34-21-9-2-10-22-34)35-23-11-3-12-24-35)31-32-40(46)44-42(36-25-13-4-14-26-36,37-27-15-5-16-28-37)38-29-17-6-18-30-38/h1-32H,(H,43,45)(H,44,46). The van der Waals surface area contributed by atoms with Crippen LogP contribution in [0.2, 0.25) is 0 Å². The van der Waals surface area contributed by atoms with E-state index in [1.54, 1.807) is 0 Å². The zero-order valence-electron chi connectivity index (χ0n) is 25.3. The fraction of sp³-hybridized carbons (Fsp3) is 0.0476. The molecule has 4 heteroatoms. The summed E-state index contributed by atoms with van der Waals surface area (Å²) in [6.45, 7) is 0. The Balaban J connectivity index is 1.38. The van der Waals surface area contributed by atoms with Crippen LogP contribution in [0.5, 0.6) is 0 Å². The highest BCUT2D eigenvalue weighted by Gasteiger charge is 2.39. The van der Waals surface area contributed by atoms with Gasteiger partial charge in [0.05, 0.1) is 0 Å². The summed E-state index contributed by atoms with van der Waals surface area (Å²) in [7, 11) is 0. The molecule has 46 heavy (non-hydrogen) atoms. The number of rotatable bonds is 10. The summed E-state index contributed by atoms with van der Waals surface area (Å²) in [5, 5.41) is 6.57. The lowest BCUT2D eigenvalue weighted by atomic mass is 9.77. The third kappa shape index (κ3) is 6.01. The smallest absolute Gasteiger partial charge is 0.245 e. The zero-order chi connectivity index (χ0) is 31.7. The maximum atomic E-state index is 13.9. The van der Waals surface area contributed by atoms with Crippen molar-refractivity contribution in [1.82, 2.24) is 10.6 Å². The van der Waals surface area contributed by atoms with Crippen LogP contribution in [0.4, 0.5) is 0 Å². The zero-order valence-corrected chi connectivity index (χ0v) is 25.3. The molecule has 0 aliphatic heterocycles. The van der Waals surface area contributed by atoms with Crippen LogP contribution in [0.1, 0.15) is 33.4 Å². The van der Waals surface area contributed by atoms with Gasteiger partial charge in [0, 0.05) is 12.2 Å². The Morgan fingerprint density at radius 3 is 0.674 bits per heavy atom. The molecule has 0 aliphatic carbocycles. The minimum atomic E-state index is -0.996. The number of hydrogen-bond donors (Lipinski definition) is 2. The fourth-order valence-electron chi connectivity index (χ4n) is 6.17. The summed E-state index contributed by atoms with van der Waals surface area (Å²) in [5.41, 5.74) is 3.40. The molecule has 0 fully saturated rings. The van der Waals surface area contributed by atoms with Crippen LogP contribution in [-0.4, -0.2) is 11.8 Å². The van der Waals surface area contributed by atoms with Gasteiger partial charge in [-0.3, -0.25) is 9.59 Å². The summed E-state index contributed by atoms with van der Waals surface area (Å²) in [6.07, 6.45) is 2.62. The molecule has 0 unspecified atom stereocenters. The maximum Gasteiger partial charge on any atom is 0.245 e. The molecule has 0 spiro atoms. The van der Waals surface area contributed by atoms with Crippen LogP contribution in [0, 0.1) is 0 Å². The van der Waals surface area contributed by atoms with E-state index in [2.05, 4.69) is 10.6 Å². The third-order valence-electron chi connectivity index (χ3n) is 8.25. The van der Waals surface area contributed by atoms with Crippen molar-refractivity contribution in [3.05, 3.63) is 228 Å². The highest BCUT2D eigenvalue weighted by Crippen LogP contribution is 2.38. The van der Waals surface area contributed by atoms with Gasteiger partial charge in [-0.25, -0.2) is 0 Å². The average molecular weight is 599 g/mol. The second-order valence-electron chi connectivity index (χ2n) is 11.0. The number of carbonyl (C=O) groups excluding carboxylic acids is 2. The predicted octanol–water partition coefficient (Wildman–Crippen LogP) is 7.76. The molecule has 224 valence electrons. The summed E-state index contributed by atoms with van der Waals surface area (Å²) in [5.74, 6) is -0.812. The molecule has 0 aliphatic rings. The lowest BCUT2D eigenvalue weighted by Crippen LogP contribution is -2.48. The Morgan fingerprint density at radius 2 is 0.500 bits per heavy atom. The highest BCUT2D eigenvalue weighted by atomic mass is 16.2. The predicted molar refractivity (Wildman–Crippen MR) is 184 cm³/mol. The Kier molecular flexibility index (Phi) is 8.98. The van der Waals surface area contributed by atoms with E-state index in [-0.39, 0.29) is 0 Å². The van der Waals surface area contributed by atoms with E-state index in [9.17, 15) is 9.59 Å². The summed E-state index contributed by atoms with van der Waals surface area (Å²) < 4.78 is 0. The summed E-state index contributed by atoms with van der Waals surface area (Å²) in [4.78, 5) is 27.8. The number of carbonyl (C=O) groups is 2. The normalized spacial score (nSPS) is 11.6. The second kappa shape index (κ2) is 13.7. The van der Waals surface area contributed by atoms with Crippen molar-refractivity contribution in [3.63, 3.8) is 0 Å². The van der Waals surface area contributed by atoms with Crippen LogP contribution in [-0.2, 0) is 20.7 Å². The molecule has 0 saturated heterocycles. The average Bonchev–Trinajstić information content (AvgIpc) is 3.14. The van der Waals surface area contributed by atoms with Gasteiger partial charge in [-0.15, -0.1) is 0 Å². The summed E-state index contributed by atoms with van der Waals surface area (Å²) in [6, 6.07) is 59.3. The van der Waals surface area contributed by atoms with Gasteiger partial charge in [-0.2, -0.15) is 0 Å². The topological polar surface area (TPSA) is 58.2 Å². The van der Waals surface area contributed by atoms with Crippen molar-refractivity contribution in [2.75, 3.05) is 0 Å². The lowest BCUT2D eigenvalue weighted by molar-refractivity contribution is -0.120. The largest absolute Gasteiger partial charge is 0.335 e. The number of nitrogens with one attached hydrogen (secondary N) is 2. The Bertz CT molecular complexity index is 1560. The first-order valence-electron chi connectivity index (χ1n) is 15.3. The van der Waals surface area contributed by atoms with E-state index in [1.165, 1.54) is 12.2 Å². The molecule has 6 aromatic carbocycles. The van der Waals surface area contributed by atoms with Gasteiger partial charge in [-0.05, 0) is 33.4 Å². The minimum Gasteiger partial charge on any atom is -0.335 e. The van der Waals surface area contributed by atoms with Gasteiger partial charge in [0.1, 0.15) is 11.1 Å². The molecule has 4 nitrogen and oxygen atoms in total. The highest BCUT2D eigenvalue weighted by molar-refractivity contribution is 5.98. The molecule has 0 atom stereocenters. The van der Waals surface area contributed by atoms with Gasteiger partial charge >= 0.3 is 0 Å². The fourth-order valence-corrected chi connectivity index (χ4v) is 6.17. The van der Waals surface area contributed by atoms with E-state index < -0.39 is 22.9 Å². The van der Waals surface area contributed by atoms with Crippen LogP contribution in [0.3, 0.4) is 0 Å². The Hall–Kier alpha value is -6.00. The van der Waals surface area contributed by atoms with Gasteiger partial charge in [0.15, 0.2) is 0 Å². The van der Waals surface area contributed by atoms with Gasteiger partial charge in [0.25, 0.3) is 0 Å². The molecule has 0 heterocycles. The molecular weight excluding hydrogens is 564 g/mol. The minimum absolute atomic E-state index is 0.406. The van der Waals surface area contributed by atoms with Crippen molar-refractivity contribution in [3.8, 4) is 0 Å². The van der Waals surface area contributed by atoms with Gasteiger partial charge in [0.2, 0.25) is 11.8 Å². The molecule has 0 radical (unpaired) electrons. The SMILES string of the molecule is O=C(C=CC(=O)NC(c1ccccc1)(c1ccccc1)c1ccccc1)NC(c1ccccc1)(c1ccccc1)c1ccccc1. The third-order valence-corrected chi connectivity index (χ3v) is 8.25. The van der Waals surface area contributed by atoms with Crippen molar-refractivity contribution in [2.45, 2.75) is 11.1 Å². The van der Waals surface area contributed by atoms with Gasteiger partial charge in [-0.1, -0.05) is 182 Å². The van der Waals surface area contributed by atoms with Gasteiger partial charge < -0.3 is 10.6 Å². The Morgan fingerprint density at radius 1 is 0.326 bits per heavy atom. The number of benzene rings is 6. The van der Waals surface area contributed by atoms with E-state index in [0.717, 1.165) is 33.4 Å². The quantitative estimate of drug-likeness (QED) is 0.125. The van der Waals surface area contributed by atoms with Crippen LogP contribution in [0.25, 0.3) is 0 Å². The first-order chi connectivity index (χ1) is 22.6. The van der Waals surface area contributed by atoms with E-state index in [4.69, 9.17) is 0 Å². The molecule has 6 rings (SSSR count). The molecule has 2 N–H and O–H groups in total. The van der Waals surface area contributed by atoms with Crippen LogP contribution >= 0.6 is 0 Å². The molecule has 0 aromatic heterocycles. The maximum absolute atomic E-state index is 13.9. The lowest BCUT2D eigenvalue weighted by Gasteiger charge is -2.37. The molecule has 2 amide bonds. The summed E-state index contributed by atoms with van der Waals surface area (Å²) >= 11 is 0. The molecule has 0 saturated carbocycles.